The Balaban J connectivity index is 1.35. The predicted molar refractivity (Wildman–Crippen MR) is 155 cm³/mol. The molecule has 1 N–H and O–H groups in total. The normalized spacial score (nSPS) is 16.7. The van der Waals surface area contributed by atoms with Crippen molar-refractivity contribution in [2.45, 2.75) is 74.3 Å². The topological polar surface area (TPSA) is 50.7 Å². The van der Waals surface area contributed by atoms with Crippen molar-refractivity contribution in [1.29, 1.82) is 0 Å². The summed E-state index contributed by atoms with van der Waals surface area (Å²) in [5, 5.41) is 4.27. The minimum atomic E-state index is -1.67. The van der Waals surface area contributed by atoms with Crippen molar-refractivity contribution in [3.8, 4) is 0 Å². The molecule has 0 saturated carbocycles. The smallest absolute Gasteiger partial charge is 0.240 e. The van der Waals surface area contributed by atoms with Crippen LogP contribution in [0.5, 0.6) is 0 Å². The molecule has 1 heterocycles. The van der Waals surface area contributed by atoms with E-state index in [4.69, 9.17) is 4.18 Å². The van der Waals surface area contributed by atoms with Gasteiger partial charge in [-0.15, -0.1) is 0 Å². The average Bonchev–Trinajstić information content (AvgIpc) is 2.89. The van der Waals surface area contributed by atoms with E-state index in [9.17, 15) is 4.79 Å². The summed E-state index contributed by atoms with van der Waals surface area (Å²) in [7, 11) is -1.67. The van der Waals surface area contributed by atoms with Gasteiger partial charge in [-0.25, -0.2) is 5.43 Å². The van der Waals surface area contributed by atoms with Crippen molar-refractivity contribution in [2.75, 3.05) is 6.61 Å². The molecule has 3 aromatic carbocycles. The van der Waals surface area contributed by atoms with Gasteiger partial charge in [0.15, 0.2) is 0 Å². The molecule has 196 valence electrons. The second kappa shape index (κ2) is 12.1. The van der Waals surface area contributed by atoms with Crippen LogP contribution in [-0.2, 0) is 15.4 Å². The predicted octanol–water partition coefficient (Wildman–Crippen LogP) is 7.91. The number of rotatable bonds is 10. The van der Waals surface area contributed by atoms with Gasteiger partial charge in [-0.1, -0.05) is 84.3 Å². The molecule has 0 radical (unpaired) electrons. The minimum absolute atomic E-state index is 0.00859. The third kappa shape index (κ3) is 6.34. The highest BCUT2D eigenvalue weighted by Gasteiger charge is 2.41. The lowest BCUT2D eigenvalue weighted by Crippen LogP contribution is -2.31. The van der Waals surface area contributed by atoms with Gasteiger partial charge in [-0.2, -0.15) is 5.10 Å². The van der Waals surface area contributed by atoms with E-state index in [0.29, 0.717) is 6.42 Å². The summed E-state index contributed by atoms with van der Waals surface area (Å²) in [6.45, 7) is 9.72. The lowest BCUT2D eigenvalue weighted by Gasteiger charge is -2.50. The zero-order chi connectivity index (χ0) is 26.3. The first-order chi connectivity index (χ1) is 17.8. The molecule has 0 fully saturated rings. The number of hydrogen-bond donors (Lipinski definition) is 1. The number of amides is 1. The molecule has 1 aliphatic heterocycles. The third-order valence-electron chi connectivity index (χ3n) is 6.89. The van der Waals surface area contributed by atoms with Crippen LogP contribution in [-0.4, -0.2) is 23.0 Å². The maximum absolute atomic E-state index is 11.5. The van der Waals surface area contributed by atoms with Crippen LogP contribution in [0.3, 0.4) is 0 Å². The van der Waals surface area contributed by atoms with Gasteiger partial charge in [0.1, 0.15) is 0 Å². The van der Waals surface area contributed by atoms with Gasteiger partial charge in [0.25, 0.3) is 0 Å². The Kier molecular flexibility index (Phi) is 8.88. The second-order valence-electron chi connectivity index (χ2n) is 10.8. The molecule has 1 amide bonds. The summed E-state index contributed by atoms with van der Waals surface area (Å²) in [6, 6.07) is 30.2. The molecule has 0 aromatic heterocycles. The van der Waals surface area contributed by atoms with Crippen molar-refractivity contribution in [3.63, 3.8) is 0 Å². The highest BCUT2D eigenvalue weighted by Crippen LogP contribution is 2.71. The van der Waals surface area contributed by atoms with E-state index < -0.39 is 10.3 Å². The van der Waals surface area contributed by atoms with Crippen molar-refractivity contribution in [2.24, 2.45) is 11.0 Å². The summed E-state index contributed by atoms with van der Waals surface area (Å²) in [5.41, 5.74) is 6.00. The number of nitrogens with zero attached hydrogens (tertiary/aromatic N) is 1. The van der Waals surface area contributed by atoms with Crippen LogP contribution < -0.4 is 5.43 Å². The number of unbranched alkanes of at least 4 members (excludes halogenated alkanes) is 2. The number of benzene rings is 3. The van der Waals surface area contributed by atoms with Gasteiger partial charge in [0.05, 0.1) is 12.3 Å². The third-order valence-corrected chi connectivity index (χ3v) is 11.0. The zero-order valence-electron chi connectivity index (χ0n) is 22.6. The lowest BCUT2D eigenvalue weighted by molar-refractivity contribution is -0.121. The summed E-state index contributed by atoms with van der Waals surface area (Å²) in [6.07, 6.45) is 4.84. The number of hydrogen-bond acceptors (Lipinski definition) is 3. The minimum Gasteiger partial charge on any atom is -0.328 e. The van der Waals surface area contributed by atoms with E-state index >= 15 is 0 Å². The fourth-order valence-electron chi connectivity index (χ4n) is 5.02. The first-order valence-electron chi connectivity index (χ1n) is 13.3. The number of carbonyl (C=O) groups is 1. The molecule has 3 aromatic rings. The van der Waals surface area contributed by atoms with Gasteiger partial charge in [-0.3, -0.25) is 4.79 Å². The monoisotopic (exact) mass is 516 g/mol. The standard InChI is InChI=1S/C32H40N2O2S/c1-25-24-30(35)33-34-31(25)27-21-19-26(20-22-27)14-8-7-13-23-36-37(32(2,3)4,28-15-9-5-10-16-28)29-17-11-6-12-18-29/h5-6,9-12,15-22,25H,7-8,13-14,23-24H2,1-4H3,(H,33,35). The molecule has 4 rings (SSSR count). The van der Waals surface area contributed by atoms with E-state index in [1.807, 2.05) is 0 Å². The van der Waals surface area contributed by atoms with Gasteiger partial charge in [0.2, 0.25) is 5.91 Å². The summed E-state index contributed by atoms with van der Waals surface area (Å²) in [4.78, 5) is 14.1. The average molecular weight is 517 g/mol. The van der Waals surface area contributed by atoms with Crippen LogP contribution in [0.25, 0.3) is 0 Å². The molecule has 0 saturated heterocycles. The summed E-state index contributed by atoms with van der Waals surface area (Å²) in [5.74, 6) is 0.138. The Morgan fingerprint density at radius 1 is 0.865 bits per heavy atom. The molecule has 4 nitrogen and oxygen atoms in total. The SMILES string of the molecule is CC1CC(=O)NN=C1c1ccc(CCCCCOS(c2ccccc2)(c2ccccc2)C(C)(C)C)cc1. The number of nitrogens with one attached hydrogen (secondary N) is 1. The number of hydrazone groups is 1. The quantitative estimate of drug-likeness (QED) is 0.278. The first kappa shape index (κ1) is 27.2. The van der Waals surface area contributed by atoms with Crippen LogP contribution in [0.4, 0.5) is 0 Å². The summed E-state index contributed by atoms with van der Waals surface area (Å²) < 4.78 is 6.92. The van der Waals surface area contributed by atoms with Crippen molar-refractivity contribution in [1.82, 2.24) is 5.43 Å². The fourth-order valence-corrected chi connectivity index (χ4v) is 8.78. The van der Waals surface area contributed by atoms with Crippen LogP contribution >= 0.6 is 10.3 Å². The Bertz CT molecular complexity index is 1150. The highest BCUT2D eigenvalue weighted by atomic mass is 32.3. The molecule has 0 aliphatic carbocycles. The van der Waals surface area contributed by atoms with Crippen LogP contribution in [0.15, 0.2) is 99.8 Å². The number of carbonyl (C=O) groups excluding carboxylic acids is 1. The van der Waals surface area contributed by atoms with Crippen LogP contribution in [0.2, 0.25) is 0 Å². The van der Waals surface area contributed by atoms with E-state index in [1.54, 1.807) is 0 Å². The van der Waals surface area contributed by atoms with E-state index in [0.717, 1.165) is 43.6 Å². The molecule has 5 heteroatoms. The van der Waals surface area contributed by atoms with Crippen LogP contribution in [0.1, 0.15) is 64.5 Å². The van der Waals surface area contributed by atoms with Crippen LogP contribution in [0, 0.1) is 5.92 Å². The Hall–Kier alpha value is -2.89. The zero-order valence-corrected chi connectivity index (χ0v) is 23.4. The van der Waals surface area contributed by atoms with Gasteiger partial charge in [0, 0.05) is 26.9 Å². The molecular formula is C32H40N2O2S. The van der Waals surface area contributed by atoms with Gasteiger partial charge >= 0.3 is 0 Å². The maximum atomic E-state index is 11.5. The Morgan fingerprint density at radius 2 is 1.46 bits per heavy atom. The second-order valence-corrected chi connectivity index (χ2v) is 14.3. The van der Waals surface area contributed by atoms with E-state index in [2.05, 4.69) is 123 Å². The molecule has 0 bridgehead atoms. The molecule has 1 aliphatic rings. The summed E-state index contributed by atoms with van der Waals surface area (Å²) >= 11 is 0. The lowest BCUT2D eigenvalue weighted by atomic mass is 9.93. The maximum Gasteiger partial charge on any atom is 0.240 e. The molecule has 37 heavy (non-hydrogen) atoms. The van der Waals surface area contributed by atoms with E-state index in [-0.39, 0.29) is 16.6 Å². The molecule has 1 atom stereocenters. The molecule has 0 spiro atoms. The molecule has 1 unspecified atom stereocenters. The molecular weight excluding hydrogens is 476 g/mol. The van der Waals surface area contributed by atoms with Crippen molar-refractivity contribution in [3.05, 3.63) is 96.1 Å². The Labute approximate surface area is 224 Å². The number of aryl methyl sites for hydroxylation is 1. The first-order valence-corrected chi connectivity index (χ1v) is 14.9. The fraction of sp³-hybridized carbons (Fsp3) is 0.375. The Morgan fingerprint density at radius 3 is 2.00 bits per heavy atom. The van der Waals surface area contributed by atoms with Gasteiger partial charge in [-0.05, 0) is 75.4 Å². The largest absolute Gasteiger partial charge is 0.328 e. The van der Waals surface area contributed by atoms with E-state index in [1.165, 1.54) is 15.4 Å². The highest BCUT2D eigenvalue weighted by molar-refractivity contribution is 8.31. The van der Waals surface area contributed by atoms with Crippen molar-refractivity contribution < 1.29 is 8.98 Å². The van der Waals surface area contributed by atoms with Crippen molar-refractivity contribution >= 4 is 21.9 Å². The van der Waals surface area contributed by atoms with Gasteiger partial charge < -0.3 is 4.18 Å².